The predicted molar refractivity (Wildman–Crippen MR) is 71.4 cm³/mol. The summed E-state index contributed by atoms with van der Waals surface area (Å²) in [6, 6.07) is 5.39. The molecule has 0 bridgehead atoms. The van der Waals surface area contributed by atoms with E-state index in [9.17, 15) is 4.79 Å². The van der Waals surface area contributed by atoms with Crippen LogP contribution in [0.2, 0.25) is 0 Å². The normalized spacial score (nSPS) is 10.4. The zero-order valence-corrected chi connectivity index (χ0v) is 11.6. The molecule has 0 saturated carbocycles. The molecule has 1 aromatic carbocycles. The number of benzene rings is 1. The van der Waals surface area contributed by atoms with Crippen molar-refractivity contribution in [3.8, 4) is 0 Å². The van der Waals surface area contributed by atoms with E-state index >= 15 is 0 Å². The minimum Gasteiger partial charge on any atom is -0.478 e. The molecule has 0 amide bonds. The van der Waals surface area contributed by atoms with Crippen LogP contribution in [0.1, 0.15) is 36.5 Å². The van der Waals surface area contributed by atoms with Gasteiger partial charge >= 0.3 is 5.97 Å². The predicted octanol–water partition coefficient (Wildman–Crippen LogP) is 4.43. The average Bonchev–Trinajstić information content (AvgIpc) is 2.24. The molecule has 0 saturated heterocycles. The molecular weight excluding hydrogens is 288 g/mol. The van der Waals surface area contributed by atoms with Crippen LogP contribution < -0.4 is 0 Å². The maximum Gasteiger partial charge on any atom is 0.336 e. The Morgan fingerprint density at radius 1 is 1.44 bits per heavy atom. The van der Waals surface area contributed by atoms with Gasteiger partial charge in [0.25, 0.3) is 0 Å². The maximum absolute atomic E-state index is 10.8. The quantitative estimate of drug-likeness (QED) is 0.624. The molecule has 0 heterocycles. The van der Waals surface area contributed by atoms with Crippen molar-refractivity contribution in [2.45, 2.75) is 31.1 Å². The van der Waals surface area contributed by atoms with Crippen LogP contribution >= 0.6 is 27.7 Å². The summed E-state index contributed by atoms with van der Waals surface area (Å²) in [4.78, 5) is 11.9. The third-order valence-corrected chi connectivity index (χ3v) is 3.92. The standard InChI is InChI=1S/C12H15BrO2S/c1-2-3-4-7-16-9-5-6-10(12(14)15)11(13)8-9/h5-6,8H,2-4,7H2,1H3,(H,14,15). The molecule has 0 aliphatic rings. The molecule has 1 rings (SSSR count). The fourth-order valence-electron chi connectivity index (χ4n) is 1.30. The van der Waals surface area contributed by atoms with E-state index in [2.05, 4.69) is 22.9 Å². The van der Waals surface area contributed by atoms with Crippen molar-refractivity contribution in [3.63, 3.8) is 0 Å². The first-order valence-corrected chi connectivity index (χ1v) is 7.08. The second-order valence-corrected chi connectivity index (χ2v) is 5.53. The van der Waals surface area contributed by atoms with Crippen molar-refractivity contribution in [3.05, 3.63) is 28.2 Å². The Labute approximate surface area is 109 Å². The van der Waals surface area contributed by atoms with Crippen molar-refractivity contribution in [1.82, 2.24) is 0 Å². The Kier molecular flexibility index (Phi) is 5.91. The first-order valence-electron chi connectivity index (χ1n) is 5.30. The SMILES string of the molecule is CCCCCSc1ccc(C(=O)O)c(Br)c1. The number of unbranched alkanes of at least 4 members (excludes halogenated alkanes) is 2. The molecule has 4 heteroatoms. The van der Waals surface area contributed by atoms with Gasteiger partial charge in [0.05, 0.1) is 5.56 Å². The summed E-state index contributed by atoms with van der Waals surface area (Å²) in [6.07, 6.45) is 3.68. The number of hydrogen-bond donors (Lipinski definition) is 1. The third-order valence-electron chi connectivity index (χ3n) is 2.19. The first-order chi connectivity index (χ1) is 7.65. The van der Waals surface area contributed by atoms with E-state index in [-0.39, 0.29) is 0 Å². The average molecular weight is 303 g/mol. The molecule has 0 aromatic heterocycles. The fourth-order valence-corrected chi connectivity index (χ4v) is 2.95. The van der Waals surface area contributed by atoms with Crippen LogP contribution in [-0.4, -0.2) is 16.8 Å². The number of carboxylic acid groups (broad SMARTS) is 1. The Balaban J connectivity index is 2.56. The van der Waals surface area contributed by atoms with E-state index in [4.69, 9.17) is 5.11 Å². The van der Waals surface area contributed by atoms with E-state index in [0.717, 1.165) is 10.6 Å². The Morgan fingerprint density at radius 2 is 2.19 bits per heavy atom. The summed E-state index contributed by atoms with van der Waals surface area (Å²) in [5.41, 5.74) is 0.318. The van der Waals surface area contributed by atoms with Crippen LogP contribution in [0.4, 0.5) is 0 Å². The van der Waals surface area contributed by atoms with Crippen LogP contribution in [0, 0.1) is 0 Å². The Bertz CT molecular complexity index is 366. The van der Waals surface area contributed by atoms with Gasteiger partial charge in [0.1, 0.15) is 0 Å². The molecule has 88 valence electrons. The van der Waals surface area contributed by atoms with Gasteiger partial charge in [0.2, 0.25) is 0 Å². The molecule has 16 heavy (non-hydrogen) atoms. The summed E-state index contributed by atoms with van der Waals surface area (Å²) in [6.45, 7) is 2.18. The largest absolute Gasteiger partial charge is 0.478 e. The minimum atomic E-state index is -0.894. The van der Waals surface area contributed by atoms with E-state index in [1.54, 1.807) is 17.8 Å². The molecule has 0 fully saturated rings. The zero-order chi connectivity index (χ0) is 12.0. The summed E-state index contributed by atoms with van der Waals surface area (Å²) < 4.78 is 0.653. The van der Waals surface area contributed by atoms with Gasteiger partial charge < -0.3 is 5.11 Å². The molecule has 0 atom stereocenters. The molecule has 0 spiro atoms. The molecule has 0 radical (unpaired) electrons. The highest BCUT2D eigenvalue weighted by molar-refractivity contribution is 9.10. The van der Waals surface area contributed by atoms with Gasteiger partial charge in [-0.25, -0.2) is 4.79 Å². The Hall–Kier alpha value is -0.480. The van der Waals surface area contributed by atoms with Gasteiger partial charge in [-0.1, -0.05) is 19.8 Å². The summed E-state index contributed by atoms with van der Waals surface area (Å²) in [5, 5.41) is 8.87. The van der Waals surface area contributed by atoms with Gasteiger partial charge in [-0.05, 0) is 46.3 Å². The molecule has 1 aromatic rings. The van der Waals surface area contributed by atoms with E-state index in [1.165, 1.54) is 19.3 Å². The van der Waals surface area contributed by atoms with Gasteiger partial charge in [0.15, 0.2) is 0 Å². The number of rotatable bonds is 6. The van der Waals surface area contributed by atoms with Crippen molar-refractivity contribution >= 4 is 33.7 Å². The van der Waals surface area contributed by atoms with Crippen LogP contribution in [0.3, 0.4) is 0 Å². The highest BCUT2D eigenvalue weighted by Gasteiger charge is 2.08. The second kappa shape index (κ2) is 6.97. The van der Waals surface area contributed by atoms with Crippen molar-refractivity contribution in [2.24, 2.45) is 0 Å². The van der Waals surface area contributed by atoms with E-state index in [0.29, 0.717) is 10.0 Å². The van der Waals surface area contributed by atoms with E-state index < -0.39 is 5.97 Å². The summed E-state index contributed by atoms with van der Waals surface area (Å²) in [7, 11) is 0. The second-order valence-electron chi connectivity index (χ2n) is 3.50. The minimum absolute atomic E-state index is 0.318. The van der Waals surface area contributed by atoms with Crippen molar-refractivity contribution in [2.75, 3.05) is 5.75 Å². The first kappa shape index (κ1) is 13.6. The van der Waals surface area contributed by atoms with Crippen LogP contribution in [0.25, 0.3) is 0 Å². The third kappa shape index (κ3) is 4.18. The summed E-state index contributed by atoms with van der Waals surface area (Å²) in [5.74, 6) is 0.196. The number of thioether (sulfide) groups is 1. The lowest BCUT2D eigenvalue weighted by atomic mass is 10.2. The van der Waals surface area contributed by atoms with Gasteiger partial charge in [0, 0.05) is 9.37 Å². The zero-order valence-electron chi connectivity index (χ0n) is 9.20. The Morgan fingerprint density at radius 3 is 2.75 bits per heavy atom. The highest BCUT2D eigenvalue weighted by atomic mass is 79.9. The van der Waals surface area contributed by atoms with Crippen LogP contribution in [0.5, 0.6) is 0 Å². The molecule has 2 nitrogen and oxygen atoms in total. The van der Waals surface area contributed by atoms with E-state index in [1.807, 2.05) is 12.1 Å². The summed E-state index contributed by atoms with van der Waals surface area (Å²) >= 11 is 5.05. The molecule has 0 unspecified atom stereocenters. The monoisotopic (exact) mass is 302 g/mol. The number of halogens is 1. The van der Waals surface area contributed by atoms with Gasteiger partial charge in [-0.2, -0.15) is 0 Å². The van der Waals surface area contributed by atoms with Crippen molar-refractivity contribution in [1.29, 1.82) is 0 Å². The fraction of sp³-hybridized carbons (Fsp3) is 0.417. The number of hydrogen-bond acceptors (Lipinski definition) is 2. The number of aromatic carboxylic acids is 1. The van der Waals surface area contributed by atoms with Gasteiger partial charge in [-0.15, -0.1) is 11.8 Å². The lowest BCUT2D eigenvalue weighted by molar-refractivity contribution is 0.0696. The van der Waals surface area contributed by atoms with Gasteiger partial charge in [-0.3, -0.25) is 0 Å². The van der Waals surface area contributed by atoms with Crippen molar-refractivity contribution < 1.29 is 9.90 Å². The molecular formula is C12H15BrO2S. The van der Waals surface area contributed by atoms with Crippen LogP contribution in [-0.2, 0) is 0 Å². The molecule has 0 aliphatic carbocycles. The number of carbonyl (C=O) groups is 1. The maximum atomic E-state index is 10.8. The number of carboxylic acids is 1. The van der Waals surface area contributed by atoms with Crippen LogP contribution in [0.15, 0.2) is 27.6 Å². The lowest BCUT2D eigenvalue weighted by Crippen LogP contribution is -1.97. The molecule has 1 N–H and O–H groups in total. The highest BCUT2D eigenvalue weighted by Crippen LogP contribution is 2.26. The lowest BCUT2D eigenvalue weighted by Gasteiger charge is -2.04. The topological polar surface area (TPSA) is 37.3 Å². The molecule has 0 aliphatic heterocycles. The smallest absolute Gasteiger partial charge is 0.336 e.